The fraction of sp³-hybridized carbons (Fsp3) is 0.667. The fourth-order valence-electron chi connectivity index (χ4n) is 3.69. The van der Waals surface area contributed by atoms with Crippen LogP contribution in [0.2, 0.25) is 0 Å². The molecule has 2 aliphatic heterocycles. The third-order valence-electron chi connectivity index (χ3n) is 4.95. The number of hydrogen-bond donors (Lipinski definition) is 1. The van der Waals surface area contributed by atoms with Crippen LogP contribution in [0.4, 0.5) is 0 Å². The summed E-state index contributed by atoms with van der Waals surface area (Å²) in [7, 11) is 0. The minimum Gasteiger partial charge on any atom is -0.311 e. The molecule has 1 aromatic carbocycles. The van der Waals surface area contributed by atoms with Crippen LogP contribution in [0.15, 0.2) is 30.3 Å². The summed E-state index contributed by atoms with van der Waals surface area (Å²) in [5, 5.41) is 3.64. The van der Waals surface area contributed by atoms with Crippen LogP contribution in [-0.2, 0) is 0 Å². The average Bonchev–Trinajstić information content (AvgIpc) is 2.55. The van der Waals surface area contributed by atoms with Crippen molar-refractivity contribution in [2.45, 2.75) is 38.3 Å². The Morgan fingerprint density at radius 2 is 1.81 bits per heavy atom. The van der Waals surface area contributed by atoms with Crippen molar-refractivity contribution in [3.63, 3.8) is 0 Å². The van der Waals surface area contributed by atoms with Crippen molar-refractivity contribution in [1.29, 1.82) is 0 Å². The summed E-state index contributed by atoms with van der Waals surface area (Å²) in [6, 6.07) is 12.1. The van der Waals surface area contributed by atoms with Gasteiger partial charge in [-0.15, -0.1) is 0 Å². The standard InChI is InChI=1S/C18H29N3/c1-16-15-21(13-12-20-10-6-3-7-11-20)18(14-19-16)17-8-4-2-5-9-17/h2,4-5,8-9,16,18-19H,3,6-7,10-15H2,1H3. The highest BCUT2D eigenvalue weighted by Gasteiger charge is 2.27. The molecule has 1 aromatic rings. The first-order valence-electron chi connectivity index (χ1n) is 8.57. The van der Waals surface area contributed by atoms with E-state index in [2.05, 4.69) is 52.4 Å². The number of nitrogens with zero attached hydrogens (tertiary/aromatic N) is 2. The minimum atomic E-state index is 0.534. The Morgan fingerprint density at radius 1 is 1.05 bits per heavy atom. The van der Waals surface area contributed by atoms with Gasteiger partial charge in [-0.2, -0.15) is 0 Å². The molecule has 1 N–H and O–H groups in total. The van der Waals surface area contributed by atoms with E-state index in [9.17, 15) is 0 Å². The molecule has 0 saturated carbocycles. The van der Waals surface area contributed by atoms with E-state index in [-0.39, 0.29) is 0 Å². The van der Waals surface area contributed by atoms with E-state index in [0.717, 1.165) is 13.1 Å². The van der Waals surface area contributed by atoms with Crippen molar-refractivity contribution < 1.29 is 0 Å². The van der Waals surface area contributed by atoms with Crippen molar-refractivity contribution in [2.75, 3.05) is 39.3 Å². The molecule has 2 unspecified atom stereocenters. The number of benzene rings is 1. The highest BCUT2D eigenvalue weighted by Crippen LogP contribution is 2.23. The fourth-order valence-corrected chi connectivity index (χ4v) is 3.69. The number of piperidine rings is 1. The van der Waals surface area contributed by atoms with E-state index in [4.69, 9.17) is 0 Å². The second-order valence-corrected chi connectivity index (χ2v) is 6.63. The first kappa shape index (κ1) is 15.0. The third-order valence-corrected chi connectivity index (χ3v) is 4.95. The molecule has 3 heteroatoms. The van der Waals surface area contributed by atoms with E-state index < -0.39 is 0 Å². The number of rotatable bonds is 4. The molecule has 0 aromatic heterocycles. The average molecular weight is 287 g/mol. The Bertz CT molecular complexity index is 414. The predicted octanol–water partition coefficient (Wildman–Crippen LogP) is 2.51. The molecule has 0 aliphatic carbocycles. The lowest BCUT2D eigenvalue weighted by atomic mass is 10.0. The van der Waals surface area contributed by atoms with Crippen LogP contribution in [0, 0.1) is 0 Å². The van der Waals surface area contributed by atoms with E-state index in [0.29, 0.717) is 12.1 Å². The van der Waals surface area contributed by atoms with Crippen LogP contribution in [-0.4, -0.2) is 55.1 Å². The first-order chi connectivity index (χ1) is 10.3. The Kier molecular flexibility index (Phi) is 5.28. The van der Waals surface area contributed by atoms with Gasteiger partial charge in [0.15, 0.2) is 0 Å². The summed E-state index contributed by atoms with van der Waals surface area (Å²) >= 11 is 0. The number of hydrogen-bond acceptors (Lipinski definition) is 3. The minimum absolute atomic E-state index is 0.534. The molecule has 3 nitrogen and oxygen atoms in total. The van der Waals surface area contributed by atoms with Gasteiger partial charge in [-0.25, -0.2) is 0 Å². The van der Waals surface area contributed by atoms with Crippen LogP contribution in [0.25, 0.3) is 0 Å². The van der Waals surface area contributed by atoms with Crippen LogP contribution >= 0.6 is 0 Å². The zero-order valence-corrected chi connectivity index (χ0v) is 13.3. The molecular weight excluding hydrogens is 258 g/mol. The maximum Gasteiger partial charge on any atom is 0.0473 e. The molecule has 2 saturated heterocycles. The van der Waals surface area contributed by atoms with Crippen LogP contribution in [0.5, 0.6) is 0 Å². The van der Waals surface area contributed by atoms with Gasteiger partial charge in [0.05, 0.1) is 0 Å². The van der Waals surface area contributed by atoms with Gasteiger partial charge < -0.3 is 10.2 Å². The largest absolute Gasteiger partial charge is 0.311 e. The normalized spacial score (nSPS) is 28.6. The molecule has 0 spiro atoms. The van der Waals surface area contributed by atoms with Gasteiger partial charge in [0.25, 0.3) is 0 Å². The molecule has 2 heterocycles. The second kappa shape index (κ2) is 7.39. The molecule has 0 bridgehead atoms. The zero-order valence-electron chi connectivity index (χ0n) is 13.3. The molecule has 0 amide bonds. The number of nitrogens with one attached hydrogen (secondary N) is 1. The van der Waals surface area contributed by atoms with E-state index in [1.54, 1.807) is 0 Å². The molecule has 2 atom stereocenters. The van der Waals surface area contributed by atoms with Crippen molar-refractivity contribution in [2.24, 2.45) is 0 Å². The Hall–Kier alpha value is -0.900. The van der Waals surface area contributed by atoms with Crippen LogP contribution in [0.1, 0.15) is 37.8 Å². The summed E-state index contributed by atoms with van der Waals surface area (Å²) in [4.78, 5) is 5.34. The SMILES string of the molecule is CC1CN(CCN2CCCCC2)C(c2ccccc2)CN1. The number of likely N-dealkylation sites (tertiary alicyclic amines) is 1. The molecule has 21 heavy (non-hydrogen) atoms. The van der Waals surface area contributed by atoms with Crippen molar-refractivity contribution >= 4 is 0 Å². The van der Waals surface area contributed by atoms with Gasteiger partial charge in [-0.05, 0) is 38.4 Å². The Morgan fingerprint density at radius 3 is 2.57 bits per heavy atom. The second-order valence-electron chi connectivity index (χ2n) is 6.63. The van der Waals surface area contributed by atoms with Gasteiger partial charge >= 0.3 is 0 Å². The molecule has 2 aliphatic rings. The summed E-state index contributed by atoms with van der Waals surface area (Å²) in [5.74, 6) is 0. The Labute approximate surface area is 129 Å². The van der Waals surface area contributed by atoms with Gasteiger partial charge in [-0.3, -0.25) is 4.90 Å². The number of piperazine rings is 1. The first-order valence-corrected chi connectivity index (χ1v) is 8.57. The van der Waals surface area contributed by atoms with Crippen molar-refractivity contribution in [3.05, 3.63) is 35.9 Å². The predicted molar refractivity (Wildman–Crippen MR) is 88.5 cm³/mol. The van der Waals surface area contributed by atoms with Crippen molar-refractivity contribution in [1.82, 2.24) is 15.1 Å². The summed E-state index contributed by atoms with van der Waals surface area (Å²) < 4.78 is 0. The van der Waals surface area contributed by atoms with E-state index in [1.165, 1.54) is 51.0 Å². The molecule has 3 rings (SSSR count). The highest BCUT2D eigenvalue weighted by molar-refractivity contribution is 5.20. The Balaban J connectivity index is 1.61. The van der Waals surface area contributed by atoms with Gasteiger partial charge in [0.1, 0.15) is 0 Å². The quantitative estimate of drug-likeness (QED) is 0.918. The topological polar surface area (TPSA) is 18.5 Å². The molecule has 116 valence electrons. The monoisotopic (exact) mass is 287 g/mol. The van der Waals surface area contributed by atoms with E-state index in [1.807, 2.05) is 0 Å². The van der Waals surface area contributed by atoms with Crippen LogP contribution < -0.4 is 5.32 Å². The summed E-state index contributed by atoms with van der Waals surface area (Å²) in [6.45, 7) is 9.57. The van der Waals surface area contributed by atoms with Gasteiger partial charge in [0, 0.05) is 38.3 Å². The lowest BCUT2D eigenvalue weighted by Gasteiger charge is -2.41. The summed E-state index contributed by atoms with van der Waals surface area (Å²) in [5.41, 5.74) is 1.45. The molecule has 0 radical (unpaired) electrons. The smallest absolute Gasteiger partial charge is 0.0473 e. The van der Waals surface area contributed by atoms with E-state index >= 15 is 0 Å². The maximum absolute atomic E-state index is 3.64. The maximum atomic E-state index is 3.64. The van der Waals surface area contributed by atoms with Gasteiger partial charge in [-0.1, -0.05) is 36.8 Å². The lowest BCUT2D eigenvalue weighted by molar-refractivity contribution is 0.110. The molecule has 2 fully saturated rings. The highest BCUT2D eigenvalue weighted by atomic mass is 15.3. The van der Waals surface area contributed by atoms with Crippen LogP contribution in [0.3, 0.4) is 0 Å². The van der Waals surface area contributed by atoms with Gasteiger partial charge in [0.2, 0.25) is 0 Å². The van der Waals surface area contributed by atoms with Crippen molar-refractivity contribution in [3.8, 4) is 0 Å². The molecular formula is C18H29N3. The lowest BCUT2D eigenvalue weighted by Crippen LogP contribution is -2.52. The zero-order chi connectivity index (χ0) is 14.5. The third kappa shape index (κ3) is 4.06. The summed E-state index contributed by atoms with van der Waals surface area (Å²) in [6.07, 6.45) is 4.20.